The van der Waals surface area contributed by atoms with Gasteiger partial charge in [-0.05, 0) is 37.5 Å². The first-order valence-electron chi connectivity index (χ1n) is 5.28. The van der Waals surface area contributed by atoms with Crippen molar-refractivity contribution in [2.45, 2.75) is 38.1 Å². The maximum atomic E-state index is 13.8. The molecule has 0 atom stereocenters. The second-order valence-electron chi connectivity index (χ2n) is 4.44. The molecule has 0 amide bonds. The predicted molar refractivity (Wildman–Crippen MR) is 63.2 cm³/mol. The van der Waals surface area contributed by atoms with E-state index in [1.54, 1.807) is 6.07 Å². The molecule has 1 aromatic carbocycles. The van der Waals surface area contributed by atoms with E-state index < -0.39 is 5.54 Å². The highest BCUT2D eigenvalue weighted by atomic mass is 79.9. The zero-order valence-electron chi connectivity index (χ0n) is 8.82. The molecule has 0 aliphatic heterocycles. The Bertz CT molecular complexity index is 383. The fourth-order valence-electron chi connectivity index (χ4n) is 2.30. The highest BCUT2D eigenvalue weighted by Crippen LogP contribution is 2.38. The van der Waals surface area contributed by atoms with Crippen LogP contribution in [-0.4, -0.2) is 0 Å². The molecule has 0 spiro atoms. The van der Waals surface area contributed by atoms with Crippen LogP contribution in [0.3, 0.4) is 0 Å². The molecule has 1 fully saturated rings. The van der Waals surface area contributed by atoms with Crippen molar-refractivity contribution in [1.29, 1.82) is 0 Å². The molecule has 3 heteroatoms. The van der Waals surface area contributed by atoms with E-state index >= 15 is 0 Å². The first-order valence-corrected chi connectivity index (χ1v) is 6.07. The molecule has 0 unspecified atom stereocenters. The van der Waals surface area contributed by atoms with Crippen LogP contribution in [0.15, 0.2) is 16.6 Å². The number of rotatable bonds is 1. The fourth-order valence-corrected chi connectivity index (χ4v) is 2.65. The van der Waals surface area contributed by atoms with E-state index in [0.717, 1.165) is 35.7 Å². The molecule has 15 heavy (non-hydrogen) atoms. The molecule has 0 aromatic heterocycles. The largest absolute Gasteiger partial charge is 0.321 e. The number of hydrogen-bond donors (Lipinski definition) is 1. The lowest BCUT2D eigenvalue weighted by atomic mass is 9.88. The zero-order valence-corrected chi connectivity index (χ0v) is 10.4. The summed E-state index contributed by atoms with van der Waals surface area (Å²) in [6.45, 7) is 1.88. The molecule has 0 bridgehead atoms. The van der Waals surface area contributed by atoms with E-state index in [4.69, 9.17) is 5.73 Å². The van der Waals surface area contributed by atoms with Crippen LogP contribution in [0.4, 0.5) is 4.39 Å². The Hall–Kier alpha value is -0.410. The van der Waals surface area contributed by atoms with Crippen LogP contribution < -0.4 is 5.73 Å². The monoisotopic (exact) mass is 271 g/mol. The maximum absolute atomic E-state index is 13.8. The van der Waals surface area contributed by atoms with Crippen molar-refractivity contribution in [3.8, 4) is 0 Å². The average Bonchev–Trinajstić information content (AvgIpc) is 2.60. The zero-order chi connectivity index (χ0) is 11.1. The second kappa shape index (κ2) is 3.87. The summed E-state index contributed by atoms with van der Waals surface area (Å²) in [6.07, 6.45) is 3.97. The van der Waals surface area contributed by atoms with Gasteiger partial charge in [-0.15, -0.1) is 0 Å². The van der Waals surface area contributed by atoms with E-state index in [2.05, 4.69) is 15.9 Å². The first-order chi connectivity index (χ1) is 7.03. The van der Waals surface area contributed by atoms with Crippen molar-refractivity contribution in [3.63, 3.8) is 0 Å². The lowest BCUT2D eigenvalue weighted by Gasteiger charge is -2.25. The van der Waals surface area contributed by atoms with Crippen LogP contribution in [0.25, 0.3) is 0 Å². The van der Waals surface area contributed by atoms with E-state index in [-0.39, 0.29) is 5.82 Å². The average molecular weight is 272 g/mol. The first kappa shape index (κ1) is 11.1. The minimum atomic E-state index is -0.444. The van der Waals surface area contributed by atoms with Crippen molar-refractivity contribution in [2.75, 3.05) is 0 Å². The van der Waals surface area contributed by atoms with Gasteiger partial charge < -0.3 is 5.73 Å². The van der Waals surface area contributed by atoms with Gasteiger partial charge in [0, 0.05) is 15.6 Å². The van der Waals surface area contributed by atoms with Crippen LogP contribution >= 0.6 is 15.9 Å². The van der Waals surface area contributed by atoms with Gasteiger partial charge in [-0.2, -0.15) is 0 Å². The van der Waals surface area contributed by atoms with Crippen molar-refractivity contribution < 1.29 is 4.39 Å². The molecule has 0 heterocycles. The molecule has 0 saturated heterocycles. The van der Waals surface area contributed by atoms with Gasteiger partial charge in [0.15, 0.2) is 0 Å². The Labute approximate surface area is 98.0 Å². The summed E-state index contributed by atoms with van der Waals surface area (Å²) in [4.78, 5) is 0. The Kier molecular flexibility index (Phi) is 2.86. The van der Waals surface area contributed by atoms with Gasteiger partial charge >= 0.3 is 0 Å². The Morgan fingerprint density at radius 2 is 1.93 bits per heavy atom. The minimum absolute atomic E-state index is 0.167. The van der Waals surface area contributed by atoms with E-state index in [0.29, 0.717) is 5.56 Å². The van der Waals surface area contributed by atoms with Crippen LogP contribution in [-0.2, 0) is 5.54 Å². The lowest BCUT2D eigenvalue weighted by molar-refractivity contribution is 0.432. The summed E-state index contributed by atoms with van der Waals surface area (Å²) < 4.78 is 14.8. The molecule has 2 N–H and O–H groups in total. The van der Waals surface area contributed by atoms with Crippen LogP contribution in [0.2, 0.25) is 0 Å². The topological polar surface area (TPSA) is 26.0 Å². The Morgan fingerprint density at radius 3 is 2.53 bits per heavy atom. The van der Waals surface area contributed by atoms with Crippen molar-refractivity contribution in [3.05, 3.63) is 33.5 Å². The van der Waals surface area contributed by atoms with E-state index in [1.807, 2.05) is 13.0 Å². The molecule has 1 aliphatic carbocycles. The standard InChI is InChI=1S/C12H15BrFN/c1-8-6-11(14)9(7-10(8)13)12(15)4-2-3-5-12/h6-7H,2-5,15H2,1H3. The SMILES string of the molecule is Cc1cc(F)c(C2(N)CCCC2)cc1Br. The number of nitrogens with two attached hydrogens (primary N) is 1. The quantitative estimate of drug-likeness (QED) is 0.830. The highest BCUT2D eigenvalue weighted by Gasteiger charge is 2.33. The number of aryl methyl sites for hydroxylation is 1. The third-order valence-corrected chi connectivity index (χ3v) is 4.13. The minimum Gasteiger partial charge on any atom is -0.321 e. The van der Waals surface area contributed by atoms with Crippen LogP contribution in [0, 0.1) is 12.7 Å². The summed E-state index contributed by atoms with van der Waals surface area (Å²) >= 11 is 3.43. The van der Waals surface area contributed by atoms with Gasteiger partial charge in [0.05, 0.1) is 0 Å². The molecule has 1 nitrogen and oxygen atoms in total. The van der Waals surface area contributed by atoms with Crippen molar-refractivity contribution >= 4 is 15.9 Å². The molecule has 0 radical (unpaired) electrons. The summed E-state index contributed by atoms with van der Waals surface area (Å²) in [6, 6.07) is 3.41. The Balaban J connectivity index is 2.48. The van der Waals surface area contributed by atoms with Gasteiger partial charge in [-0.1, -0.05) is 28.8 Å². The van der Waals surface area contributed by atoms with E-state index in [9.17, 15) is 4.39 Å². The Morgan fingerprint density at radius 1 is 1.33 bits per heavy atom. The number of hydrogen-bond acceptors (Lipinski definition) is 1. The van der Waals surface area contributed by atoms with Gasteiger partial charge in [0.25, 0.3) is 0 Å². The summed E-state index contributed by atoms with van der Waals surface area (Å²) in [5.41, 5.74) is 7.37. The predicted octanol–water partition coefficient (Wildman–Crippen LogP) is 3.62. The van der Waals surface area contributed by atoms with Gasteiger partial charge in [0.1, 0.15) is 5.82 Å². The van der Waals surface area contributed by atoms with E-state index in [1.165, 1.54) is 0 Å². The molecule has 82 valence electrons. The highest BCUT2D eigenvalue weighted by molar-refractivity contribution is 9.10. The van der Waals surface area contributed by atoms with Crippen molar-refractivity contribution in [2.24, 2.45) is 5.73 Å². The summed E-state index contributed by atoms with van der Waals surface area (Å²) in [5, 5.41) is 0. The van der Waals surface area contributed by atoms with Gasteiger partial charge in [-0.3, -0.25) is 0 Å². The third-order valence-electron chi connectivity index (χ3n) is 3.28. The smallest absolute Gasteiger partial charge is 0.128 e. The fraction of sp³-hybridized carbons (Fsp3) is 0.500. The molecule has 1 aromatic rings. The molecule has 2 rings (SSSR count). The lowest BCUT2D eigenvalue weighted by Crippen LogP contribution is -2.34. The summed E-state index contributed by atoms with van der Waals surface area (Å²) in [7, 11) is 0. The van der Waals surface area contributed by atoms with Crippen molar-refractivity contribution in [1.82, 2.24) is 0 Å². The van der Waals surface area contributed by atoms with Gasteiger partial charge in [-0.25, -0.2) is 4.39 Å². The number of halogens is 2. The number of benzene rings is 1. The molecule has 1 aliphatic rings. The van der Waals surface area contributed by atoms with Crippen LogP contribution in [0.5, 0.6) is 0 Å². The van der Waals surface area contributed by atoms with Crippen LogP contribution in [0.1, 0.15) is 36.8 Å². The molecule has 1 saturated carbocycles. The normalized spacial score (nSPS) is 19.5. The third kappa shape index (κ3) is 1.95. The van der Waals surface area contributed by atoms with Gasteiger partial charge in [0.2, 0.25) is 0 Å². The second-order valence-corrected chi connectivity index (χ2v) is 5.30. The molecular weight excluding hydrogens is 257 g/mol. The molecular formula is C12H15BrFN. The maximum Gasteiger partial charge on any atom is 0.128 e. The summed E-state index contributed by atoms with van der Waals surface area (Å²) in [5.74, 6) is -0.167.